The Bertz CT molecular complexity index is 416. The Morgan fingerprint density at radius 1 is 0.952 bits per heavy atom. The summed E-state index contributed by atoms with van der Waals surface area (Å²) in [5, 5.41) is 3.78. The van der Waals surface area contributed by atoms with Gasteiger partial charge in [0.1, 0.15) is 0 Å². The van der Waals surface area contributed by atoms with E-state index in [1.807, 2.05) is 6.07 Å². The molecule has 1 rings (SSSR count). The molecule has 0 heterocycles. The highest BCUT2D eigenvalue weighted by Gasteiger charge is 2.19. The minimum Gasteiger partial charge on any atom is -0.493 e. The molecule has 0 amide bonds. The van der Waals surface area contributed by atoms with Crippen LogP contribution in [0.3, 0.4) is 0 Å². The molecular formula is C18H31NO2. The number of nitrogens with one attached hydrogen (secondary N) is 1. The summed E-state index contributed by atoms with van der Waals surface area (Å²) < 4.78 is 10.7. The zero-order chi connectivity index (χ0) is 15.8. The lowest BCUT2D eigenvalue weighted by atomic mass is 9.93. The number of hydrogen-bond acceptors (Lipinski definition) is 3. The molecule has 1 N–H and O–H groups in total. The van der Waals surface area contributed by atoms with Crippen LogP contribution < -0.4 is 14.8 Å². The van der Waals surface area contributed by atoms with Gasteiger partial charge in [-0.3, -0.25) is 0 Å². The van der Waals surface area contributed by atoms with E-state index in [2.05, 4.69) is 45.1 Å². The molecule has 0 saturated carbocycles. The molecule has 21 heavy (non-hydrogen) atoms. The molecule has 120 valence electrons. The molecule has 1 aromatic carbocycles. The molecule has 0 aliphatic heterocycles. The van der Waals surface area contributed by atoms with Crippen LogP contribution in [0, 0.1) is 5.92 Å². The van der Waals surface area contributed by atoms with Gasteiger partial charge >= 0.3 is 0 Å². The lowest BCUT2D eigenvalue weighted by molar-refractivity contribution is 0.317. The number of benzene rings is 1. The molecule has 0 radical (unpaired) electrons. The van der Waals surface area contributed by atoms with Gasteiger partial charge in [0, 0.05) is 12.1 Å². The third-order valence-corrected chi connectivity index (χ3v) is 4.44. The normalized spacial score (nSPS) is 14.0. The largest absolute Gasteiger partial charge is 0.493 e. The van der Waals surface area contributed by atoms with Gasteiger partial charge in [-0.2, -0.15) is 0 Å². The van der Waals surface area contributed by atoms with E-state index in [1.165, 1.54) is 18.4 Å². The minimum atomic E-state index is 0.348. The molecule has 0 aromatic heterocycles. The molecule has 1 aromatic rings. The summed E-state index contributed by atoms with van der Waals surface area (Å²) in [5.41, 5.74) is 1.26. The molecule has 2 atom stereocenters. The maximum absolute atomic E-state index is 5.41. The lowest BCUT2D eigenvalue weighted by Gasteiger charge is -2.28. The zero-order valence-electron chi connectivity index (χ0n) is 14.4. The summed E-state index contributed by atoms with van der Waals surface area (Å²) in [5.74, 6) is 2.30. The summed E-state index contributed by atoms with van der Waals surface area (Å²) >= 11 is 0. The monoisotopic (exact) mass is 293 g/mol. The first-order chi connectivity index (χ1) is 10.1. The van der Waals surface area contributed by atoms with Crippen molar-refractivity contribution in [3.63, 3.8) is 0 Å². The van der Waals surface area contributed by atoms with E-state index in [-0.39, 0.29) is 0 Å². The van der Waals surface area contributed by atoms with Gasteiger partial charge in [0.15, 0.2) is 11.5 Å². The second-order valence-electron chi connectivity index (χ2n) is 5.61. The maximum Gasteiger partial charge on any atom is 0.161 e. The molecule has 0 saturated heterocycles. The van der Waals surface area contributed by atoms with Crippen molar-refractivity contribution < 1.29 is 9.47 Å². The Morgan fingerprint density at radius 3 is 2.05 bits per heavy atom. The van der Waals surface area contributed by atoms with E-state index in [0.717, 1.165) is 23.8 Å². The van der Waals surface area contributed by atoms with Gasteiger partial charge in [0.25, 0.3) is 0 Å². The van der Waals surface area contributed by atoms with Crippen LogP contribution in [0.5, 0.6) is 11.5 Å². The van der Waals surface area contributed by atoms with Crippen molar-refractivity contribution in [2.45, 2.75) is 59.0 Å². The first-order valence-electron chi connectivity index (χ1n) is 8.09. The van der Waals surface area contributed by atoms with Crippen molar-refractivity contribution >= 4 is 0 Å². The van der Waals surface area contributed by atoms with Crippen LogP contribution in [-0.2, 0) is 0 Å². The molecule has 0 fully saturated rings. The predicted molar refractivity (Wildman–Crippen MR) is 89.2 cm³/mol. The predicted octanol–water partition coefficient (Wildman–Crippen LogP) is 4.57. The average Bonchev–Trinajstić information content (AvgIpc) is 2.53. The minimum absolute atomic E-state index is 0.348. The summed E-state index contributed by atoms with van der Waals surface area (Å²) in [4.78, 5) is 0. The SMILES string of the molecule is CCC(NC(C)C(CC)CC)c1ccc(OC)c(OC)c1. The van der Waals surface area contributed by atoms with Gasteiger partial charge in [-0.15, -0.1) is 0 Å². The van der Waals surface area contributed by atoms with E-state index in [9.17, 15) is 0 Å². The molecule has 0 bridgehead atoms. The average molecular weight is 293 g/mol. The van der Waals surface area contributed by atoms with Crippen molar-refractivity contribution in [3.05, 3.63) is 23.8 Å². The third kappa shape index (κ3) is 4.63. The van der Waals surface area contributed by atoms with Gasteiger partial charge in [0.2, 0.25) is 0 Å². The van der Waals surface area contributed by atoms with E-state index < -0.39 is 0 Å². The summed E-state index contributed by atoms with van der Waals surface area (Å²) in [7, 11) is 3.35. The van der Waals surface area contributed by atoms with Crippen LogP contribution in [-0.4, -0.2) is 20.3 Å². The fourth-order valence-corrected chi connectivity index (χ4v) is 2.97. The lowest BCUT2D eigenvalue weighted by Crippen LogP contribution is -2.35. The van der Waals surface area contributed by atoms with E-state index in [0.29, 0.717) is 12.1 Å². The Morgan fingerprint density at radius 2 is 1.57 bits per heavy atom. The van der Waals surface area contributed by atoms with Crippen LogP contribution in [0.4, 0.5) is 0 Å². The number of rotatable bonds is 9. The summed E-state index contributed by atoms with van der Waals surface area (Å²) in [6, 6.07) is 7.06. The Hall–Kier alpha value is -1.22. The molecule has 0 aliphatic carbocycles. The smallest absolute Gasteiger partial charge is 0.161 e. The van der Waals surface area contributed by atoms with E-state index in [4.69, 9.17) is 9.47 Å². The maximum atomic E-state index is 5.41. The van der Waals surface area contributed by atoms with Crippen molar-refractivity contribution in [1.29, 1.82) is 0 Å². The van der Waals surface area contributed by atoms with Crippen LogP contribution in [0.1, 0.15) is 58.6 Å². The number of hydrogen-bond donors (Lipinski definition) is 1. The highest BCUT2D eigenvalue weighted by Crippen LogP contribution is 2.31. The van der Waals surface area contributed by atoms with Crippen LogP contribution in [0.15, 0.2) is 18.2 Å². The molecule has 0 spiro atoms. The quantitative estimate of drug-likeness (QED) is 0.723. The molecule has 3 heteroatoms. The second kappa shape index (κ2) is 8.93. The Labute approximate surface area is 130 Å². The van der Waals surface area contributed by atoms with Gasteiger partial charge < -0.3 is 14.8 Å². The van der Waals surface area contributed by atoms with E-state index >= 15 is 0 Å². The van der Waals surface area contributed by atoms with Crippen molar-refractivity contribution in [2.24, 2.45) is 5.92 Å². The first-order valence-corrected chi connectivity index (χ1v) is 8.09. The van der Waals surface area contributed by atoms with Gasteiger partial charge in [-0.05, 0) is 37.0 Å². The summed E-state index contributed by atoms with van der Waals surface area (Å²) in [6.45, 7) is 9.04. The molecule has 2 unspecified atom stereocenters. The van der Waals surface area contributed by atoms with Crippen molar-refractivity contribution in [3.8, 4) is 11.5 Å². The van der Waals surface area contributed by atoms with Crippen LogP contribution in [0.25, 0.3) is 0 Å². The number of methoxy groups -OCH3 is 2. The topological polar surface area (TPSA) is 30.5 Å². The van der Waals surface area contributed by atoms with Crippen molar-refractivity contribution in [2.75, 3.05) is 14.2 Å². The second-order valence-corrected chi connectivity index (χ2v) is 5.61. The van der Waals surface area contributed by atoms with E-state index in [1.54, 1.807) is 14.2 Å². The van der Waals surface area contributed by atoms with Gasteiger partial charge in [-0.1, -0.05) is 39.7 Å². The van der Waals surface area contributed by atoms with Gasteiger partial charge in [-0.25, -0.2) is 0 Å². The number of ether oxygens (including phenoxy) is 2. The van der Waals surface area contributed by atoms with Crippen molar-refractivity contribution in [1.82, 2.24) is 5.32 Å². The Kier molecular flexibility index (Phi) is 7.58. The zero-order valence-corrected chi connectivity index (χ0v) is 14.4. The van der Waals surface area contributed by atoms with Crippen LogP contribution in [0.2, 0.25) is 0 Å². The first kappa shape index (κ1) is 17.8. The Balaban J connectivity index is 2.89. The molecular weight excluding hydrogens is 262 g/mol. The fraction of sp³-hybridized carbons (Fsp3) is 0.667. The van der Waals surface area contributed by atoms with Crippen LogP contribution >= 0.6 is 0 Å². The highest BCUT2D eigenvalue weighted by atomic mass is 16.5. The summed E-state index contributed by atoms with van der Waals surface area (Å²) in [6.07, 6.45) is 3.49. The molecule has 3 nitrogen and oxygen atoms in total. The van der Waals surface area contributed by atoms with Gasteiger partial charge in [0.05, 0.1) is 14.2 Å². The fourth-order valence-electron chi connectivity index (χ4n) is 2.97. The highest BCUT2D eigenvalue weighted by molar-refractivity contribution is 5.43. The molecule has 0 aliphatic rings. The standard InChI is InChI=1S/C18H31NO2/c1-7-14(8-2)13(4)19-16(9-3)15-10-11-17(20-5)18(12-15)21-6/h10-14,16,19H,7-9H2,1-6H3. The third-order valence-electron chi connectivity index (χ3n) is 4.44.